The summed E-state index contributed by atoms with van der Waals surface area (Å²) in [5.41, 5.74) is 5.34. The average molecular weight is 439 g/mol. The number of oxazole rings is 1. The van der Waals surface area contributed by atoms with E-state index in [1.54, 1.807) is 30.5 Å². The van der Waals surface area contributed by atoms with Gasteiger partial charge in [-0.05, 0) is 79.6 Å². The topological polar surface area (TPSA) is 72.2 Å². The van der Waals surface area contributed by atoms with Crippen LogP contribution in [-0.2, 0) is 10.0 Å². The molecule has 0 aliphatic heterocycles. The average Bonchev–Trinajstić information content (AvgIpc) is 3.21. The summed E-state index contributed by atoms with van der Waals surface area (Å²) in [5, 5.41) is 0.476. The molecular weight excluding hydrogens is 420 g/mol. The molecule has 0 saturated carbocycles. The first kappa shape index (κ1) is 20.2. The number of hydrogen-bond acceptors (Lipinski definition) is 4. The molecule has 1 aromatic heterocycles. The standard InChI is InChI=1S/C23H19ClN2O3S/c1-15-3-4-18(13-16(15)2)22-14-29-23(25-22)17-5-9-20(10-6-17)26-30(27,28)21-11-7-19(24)8-12-21/h3-14,26H,1-2H3. The molecule has 30 heavy (non-hydrogen) atoms. The minimum atomic E-state index is -3.69. The van der Waals surface area contributed by atoms with Crippen molar-refractivity contribution in [3.63, 3.8) is 0 Å². The predicted molar refractivity (Wildman–Crippen MR) is 119 cm³/mol. The van der Waals surface area contributed by atoms with E-state index in [0.717, 1.165) is 16.8 Å². The normalized spacial score (nSPS) is 11.4. The molecule has 0 unspecified atom stereocenters. The van der Waals surface area contributed by atoms with Crippen molar-refractivity contribution in [2.24, 2.45) is 0 Å². The van der Waals surface area contributed by atoms with Crippen LogP contribution >= 0.6 is 11.6 Å². The van der Waals surface area contributed by atoms with Crippen LogP contribution in [0.25, 0.3) is 22.7 Å². The molecule has 0 spiro atoms. The minimum Gasteiger partial charge on any atom is -0.444 e. The fourth-order valence-electron chi connectivity index (χ4n) is 2.95. The van der Waals surface area contributed by atoms with Gasteiger partial charge in [0, 0.05) is 21.8 Å². The molecule has 4 rings (SSSR count). The van der Waals surface area contributed by atoms with Gasteiger partial charge in [0.25, 0.3) is 10.0 Å². The van der Waals surface area contributed by atoms with Crippen molar-refractivity contribution in [1.29, 1.82) is 0 Å². The van der Waals surface area contributed by atoms with E-state index in [9.17, 15) is 8.42 Å². The van der Waals surface area contributed by atoms with Gasteiger partial charge in [-0.1, -0.05) is 23.7 Å². The van der Waals surface area contributed by atoms with Gasteiger partial charge in [-0.25, -0.2) is 13.4 Å². The second-order valence-corrected chi connectivity index (χ2v) is 9.09. The number of nitrogens with one attached hydrogen (secondary N) is 1. The summed E-state index contributed by atoms with van der Waals surface area (Å²) < 4.78 is 33.2. The van der Waals surface area contributed by atoms with Crippen molar-refractivity contribution in [1.82, 2.24) is 4.98 Å². The van der Waals surface area contributed by atoms with E-state index < -0.39 is 10.0 Å². The summed E-state index contributed by atoms with van der Waals surface area (Å²) in [6.45, 7) is 4.12. The molecule has 3 aromatic carbocycles. The van der Waals surface area contributed by atoms with Crippen molar-refractivity contribution in [3.8, 4) is 22.7 Å². The maximum absolute atomic E-state index is 12.5. The summed E-state index contributed by atoms with van der Waals surface area (Å²) in [5.74, 6) is 0.468. The number of anilines is 1. The molecule has 0 atom stereocenters. The van der Waals surface area contributed by atoms with Crippen molar-refractivity contribution < 1.29 is 12.8 Å². The number of aromatic nitrogens is 1. The molecule has 0 radical (unpaired) electrons. The Bertz CT molecular complexity index is 1300. The van der Waals surface area contributed by atoms with Crippen LogP contribution in [0.3, 0.4) is 0 Å². The van der Waals surface area contributed by atoms with E-state index in [2.05, 4.69) is 35.7 Å². The molecule has 1 N–H and O–H groups in total. The Labute approximate surface area is 180 Å². The smallest absolute Gasteiger partial charge is 0.261 e. The van der Waals surface area contributed by atoms with Crippen LogP contribution in [-0.4, -0.2) is 13.4 Å². The van der Waals surface area contributed by atoms with E-state index in [4.69, 9.17) is 16.0 Å². The molecule has 152 valence electrons. The van der Waals surface area contributed by atoms with Gasteiger partial charge in [-0.3, -0.25) is 4.72 Å². The molecule has 0 saturated heterocycles. The third kappa shape index (κ3) is 4.25. The van der Waals surface area contributed by atoms with Gasteiger partial charge >= 0.3 is 0 Å². The Morgan fingerprint density at radius 2 is 1.53 bits per heavy atom. The quantitative estimate of drug-likeness (QED) is 0.409. The van der Waals surface area contributed by atoms with E-state index in [-0.39, 0.29) is 4.90 Å². The lowest BCUT2D eigenvalue weighted by Gasteiger charge is -2.08. The molecule has 0 bridgehead atoms. The molecule has 0 fully saturated rings. The van der Waals surface area contributed by atoms with E-state index >= 15 is 0 Å². The first-order valence-electron chi connectivity index (χ1n) is 9.24. The van der Waals surface area contributed by atoms with Crippen LogP contribution in [0.2, 0.25) is 5.02 Å². The van der Waals surface area contributed by atoms with Gasteiger partial charge in [0.2, 0.25) is 5.89 Å². The number of sulfonamides is 1. The van der Waals surface area contributed by atoms with Gasteiger partial charge in [-0.15, -0.1) is 0 Å². The molecule has 0 aliphatic rings. The number of rotatable bonds is 5. The van der Waals surface area contributed by atoms with Crippen LogP contribution in [0.5, 0.6) is 0 Å². The first-order valence-corrected chi connectivity index (χ1v) is 11.1. The Balaban J connectivity index is 1.53. The van der Waals surface area contributed by atoms with Crippen LogP contribution in [0.15, 0.2) is 82.3 Å². The second-order valence-electron chi connectivity index (χ2n) is 6.97. The van der Waals surface area contributed by atoms with Gasteiger partial charge in [0.15, 0.2) is 0 Å². The Kier molecular flexibility index (Phi) is 5.37. The fourth-order valence-corrected chi connectivity index (χ4v) is 4.13. The summed E-state index contributed by atoms with van der Waals surface area (Å²) in [6, 6.07) is 19.0. The summed E-state index contributed by atoms with van der Waals surface area (Å²) in [4.78, 5) is 4.70. The van der Waals surface area contributed by atoms with Gasteiger partial charge in [0.1, 0.15) is 12.0 Å². The zero-order valence-corrected chi connectivity index (χ0v) is 18.0. The zero-order chi connectivity index (χ0) is 21.3. The number of nitrogens with zero attached hydrogens (tertiary/aromatic N) is 1. The highest BCUT2D eigenvalue weighted by Crippen LogP contribution is 2.27. The molecule has 0 amide bonds. The highest BCUT2D eigenvalue weighted by atomic mass is 35.5. The lowest BCUT2D eigenvalue weighted by molar-refractivity contribution is 0.575. The summed E-state index contributed by atoms with van der Waals surface area (Å²) >= 11 is 5.82. The summed E-state index contributed by atoms with van der Waals surface area (Å²) in [6.07, 6.45) is 1.62. The van der Waals surface area contributed by atoms with Crippen LogP contribution in [0, 0.1) is 13.8 Å². The zero-order valence-electron chi connectivity index (χ0n) is 16.4. The maximum Gasteiger partial charge on any atom is 0.261 e. The Hall–Kier alpha value is -3.09. The van der Waals surface area contributed by atoms with Gasteiger partial charge in [-0.2, -0.15) is 0 Å². The number of halogens is 1. The maximum atomic E-state index is 12.5. The first-order chi connectivity index (χ1) is 14.3. The van der Waals surface area contributed by atoms with E-state index in [1.165, 1.54) is 35.4 Å². The Morgan fingerprint density at radius 3 is 2.20 bits per heavy atom. The summed E-state index contributed by atoms with van der Waals surface area (Å²) in [7, 11) is -3.69. The van der Waals surface area contributed by atoms with Crippen molar-refractivity contribution >= 4 is 27.3 Å². The monoisotopic (exact) mass is 438 g/mol. The fraction of sp³-hybridized carbons (Fsp3) is 0.0870. The minimum absolute atomic E-state index is 0.140. The SMILES string of the molecule is Cc1ccc(-c2coc(-c3ccc(NS(=O)(=O)c4ccc(Cl)cc4)cc3)n2)cc1C. The van der Waals surface area contributed by atoms with Crippen LogP contribution in [0.1, 0.15) is 11.1 Å². The van der Waals surface area contributed by atoms with E-state index in [1.807, 2.05) is 6.07 Å². The molecule has 1 heterocycles. The molecule has 5 nitrogen and oxygen atoms in total. The molecular formula is C23H19ClN2O3S. The third-order valence-corrected chi connectivity index (χ3v) is 6.46. The number of aryl methyl sites for hydroxylation is 2. The highest BCUT2D eigenvalue weighted by molar-refractivity contribution is 7.92. The van der Waals surface area contributed by atoms with E-state index in [0.29, 0.717) is 16.6 Å². The van der Waals surface area contributed by atoms with Crippen molar-refractivity contribution in [2.45, 2.75) is 18.7 Å². The van der Waals surface area contributed by atoms with Crippen LogP contribution in [0.4, 0.5) is 5.69 Å². The second kappa shape index (κ2) is 7.97. The van der Waals surface area contributed by atoms with Gasteiger partial charge in [0.05, 0.1) is 4.90 Å². The van der Waals surface area contributed by atoms with Gasteiger partial charge < -0.3 is 4.42 Å². The number of benzene rings is 3. The molecule has 7 heteroatoms. The molecule has 0 aliphatic carbocycles. The van der Waals surface area contributed by atoms with Crippen LogP contribution < -0.4 is 4.72 Å². The Morgan fingerprint density at radius 1 is 0.867 bits per heavy atom. The largest absolute Gasteiger partial charge is 0.444 e. The number of hydrogen-bond donors (Lipinski definition) is 1. The third-order valence-electron chi connectivity index (χ3n) is 4.81. The highest BCUT2D eigenvalue weighted by Gasteiger charge is 2.15. The van der Waals surface area contributed by atoms with Crippen molar-refractivity contribution in [2.75, 3.05) is 4.72 Å². The lowest BCUT2D eigenvalue weighted by atomic mass is 10.1. The molecule has 4 aromatic rings. The predicted octanol–water partition coefficient (Wildman–Crippen LogP) is 6.08. The lowest BCUT2D eigenvalue weighted by Crippen LogP contribution is -2.12. The van der Waals surface area contributed by atoms with Crippen molar-refractivity contribution in [3.05, 3.63) is 89.1 Å².